The number of aryl methyl sites for hydroxylation is 1. The van der Waals surface area contributed by atoms with Crippen molar-refractivity contribution >= 4 is 17.2 Å². The van der Waals surface area contributed by atoms with Crippen molar-refractivity contribution in [3.8, 4) is 5.75 Å². The molecule has 1 aromatic heterocycles. The summed E-state index contributed by atoms with van der Waals surface area (Å²) in [4.78, 5) is 8.90. The molecule has 28 heavy (non-hydrogen) atoms. The highest BCUT2D eigenvalue weighted by Gasteiger charge is 2.17. The zero-order chi connectivity index (χ0) is 19.3. The maximum Gasteiger partial charge on any atom is 0.154 e. The highest BCUT2D eigenvalue weighted by molar-refractivity contribution is 6.18. The Balaban J connectivity index is 1.75. The van der Waals surface area contributed by atoms with Gasteiger partial charge in [0, 0.05) is 29.1 Å². The number of nitrogens with zero attached hydrogens (tertiary/aromatic N) is 3. The highest BCUT2D eigenvalue weighted by Crippen LogP contribution is 2.27. The van der Waals surface area contributed by atoms with E-state index in [1.807, 2.05) is 42.5 Å². The second-order valence-electron chi connectivity index (χ2n) is 6.66. The Bertz CT molecular complexity index is 1020. The van der Waals surface area contributed by atoms with Crippen molar-refractivity contribution in [2.24, 2.45) is 10.1 Å². The Morgan fingerprint density at radius 2 is 1.71 bits per heavy atom. The lowest BCUT2D eigenvalue weighted by molar-refractivity contribution is 0.317. The van der Waals surface area contributed by atoms with Gasteiger partial charge in [-0.05, 0) is 61.9 Å². The van der Waals surface area contributed by atoms with Crippen LogP contribution in [0.4, 0.5) is 5.69 Å². The summed E-state index contributed by atoms with van der Waals surface area (Å²) in [6.07, 6.45) is 4.49. The average molecular weight is 370 g/mol. The van der Waals surface area contributed by atoms with Crippen LogP contribution < -0.4 is 10.2 Å². The predicted molar refractivity (Wildman–Crippen MR) is 113 cm³/mol. The number of aliphatic imine (C=N–C) groups is 1. The van der Waals surface area contributed by atoms with Crippen LogP contribution in [0.2, 0.25) is 0 Å². The number of amidine groups is 1. The van der Waals surface area contributed by atoms with E-state index in [1.165, 1.54) is 0 Å². The molecule has 2 heterocycles. The molecule has 0 atom stereocenters. The zero-order valence-electron chi connectivity index (χ0n) is 16.0. The molecule has 4 rings (SSSR count). The first-order chi connectivity index (χ1) is 13.7. The molecule has 1 aliphatic heterocycles. The van der Waals surface area contributed by atoms with E-state index < -0.39 is 0 Å². The monoisotopic (exact) mass is 370 g/mol. The van der Waals surface area contributed by atoms with Gasteiger partial charge in [0.05, 0.1) is 18.0 Å². The largest absolute Gasteiger partial charge is 0.494 e. The molecule has 140 valence electrons. The summed E-state index contributed by atoms with van der Waals surface area (Å²) in [6.45, 7) is 4.89. The fourth-order valence-electron chi connectivity index (χ4n) is 3.04. The highest BCUT2D eigenvalue weighted by atomic mass is 16.5. The van der Waals surface area contributed by atoms with Gasteiger partial charge in [0.1, 0.15) is 5.75 Å². The molecule has 0 fully saturated rings. The quantitative estimate of drug-likeness (QED) is 0.713. The third kappa shape index (κ3) is 3.78. The molecule has 5 heteroatoms. The van der Waals surface area contributed by atoms with Gasteiger partial charge in [-0.15, -0.1) is 0 Å². The van der Waals surface area contributed by atoms with Crippen molar-refractivity contribution in [3.63, 3.8) is 0 Å². The number of pyridine rings is 1. The first-order valence-corrected chi connectivity index (χ1v) is 9.41. The molecule has 0 aliphatic carbocycles. The van der Waals surface area contributed by atoms with Crippen LogP contribution in [0.3, 0.4) is 0 Å². The third-order valence-corrected chi connectivity index (χ3v) is 4.47. The second kappa shape index (κ2) is 8.05. The van der Waals surface area contributed by atoms with Crippen LogP contribution in [0, 0.1) is 6.92 Å². The molecule has 1 N–H and O–H groups in total. The van der Waals surface area contributed by atoms with E-state index in [0.29, 0.717) is 12.4 Å². The van der Waals surface area contributed by atoms with Crippen LogP contribution in [0.1, 0.15) is 35.6 Å². The van der Waals surface area contributed by atoms with Crippen molar-refractivity contribution < 1.29 is 4.74 Å². The fourth-order valence-corrected chi connectivity index (χ4v) is 3.04. The third-order valence-electron chi connectivity index (χ3n) is 4.47. The number of ether oxygens (including phenoxy) is 1. The van der Waals surface area contributed by atoms with Gasteiger partial charge in [0.15, 0.2) is 5.84 Å². The van der Waals surface area contributed by atoms with Crippen LogP contribution in [0.15, 0.2) is 77.1 Å². The number of hydrogen-bond donors (Lipinski definition) is 1. The van der Waals surface area contributed by atoms with Crippen molar-refractivity contribution in [3.05, 3.63) is 89.2 Å². The molecular formula is C23H22N4O. The van der Waals surface area contributed by atoms with E-state index in [1.54, 1.807) is 12.4 Å². The summed E-state index contributed by atoms with van der Waals surface area (Å²) >= 11 is 0. The molecule has 0 spiro atoms. The number of aromatic nitrogens is 1. The lowest BCUT2D eigenvalue weighted by atomic mass is 9.99. The first kappa shape index (κ1) is 17.9. The minimum Gasteiger partial charge on any atom is -0.494 e. The molecule has 3 aromatic rings. The Morgan fingerprint density at radius 1 is 0.929 bits per heavy atom. The number of rotatable bonds is 5. The van der Waals surface area contributed by atoms with Gasteiger partial charge >= 0.3 is 0 Å². The minimum atomic E-state index is 0.699. The van der Waals surface area contributed by atoms with Gasteiger partial charge in [-0.1, -0.05) is 18.6 Å². The molecule has 0 saturated heterocycles. The summed E-state index contributed by atoms with van der Waals surface area (Å²) in [6, 6.07) is 18.1. The Morgan fingerprint density at radius 3 is 2.46 bits per heavy atom. The number of hydrogen-bond acceptors (Lipinski definition) is 5. The van der Waals surface area contributed by atoms with Crippen LogP contribution >= 0.6 is 0 Å². The molecule has 0 saturated carbocycles. The van der Waals surface area contributed by atoms with E-state index in [9.17, 15) is 0 Å². The maximum atomic E-state index is 5.70. The summed E-state index contributed by atoms with van der Waals surface area (Å²) < 4.78 is 5.70. The van der Waals surface area contributed by atoms with Crippen LogP contribution in [-0.4, -0.2) is 23.1 Å². The summed E-state index contributed by atoms with van der Waals surface area (Å²) in [7, 11) is 0. The molecule has 0 bridgehead atoms. The summed E-state index contributed by atoms with van der Waals surface area (Å²) in [5.74, 6) is 1.57. The van der Waals surface area contributed by atoms with Crippen molar-refractivity contribution in [2.75, 3.05) is 6.61 Å². The van der Waals surface area contributed by atoms with Crippen molar-refractivity contribution in [1.29, 1.82) is 0 Å². The molecule has 2 aromatic carbocycles. The molecule has 0 amide bonds. The summed E-state index contributed by atoms with van der Waals surface area (Å²) in [5.41, 5.74) is 8.99. The minimum absolute atomic E-state index is 0.699. The van der Waals surface area contributed by atoms with Gasteiger partial charge in [0.2, 0.25) is 0 Å². The van der Waals surface area contributed by atoms with E-state index in [4.69, 9.17) is 14.8 Å². The van der Waals surface area contributed by atoms with Gasteiger partial charge in [-0.25, -0.2) is 4.99 Å². The molecule has 5 nitrogen and oxygen atoms in total. The zero-order valence-corrected chi connectivity index (χ0v) is 16.0. The Hall–Kier alpha value is -3.47. The maximum absolute atomic E-state index is 5.70. The molecular weight excluding hydrogens is 348 g/mol. The van der Waals surface area contributed by atoms with E-state index in [-0.39, 0.29) is 0 Å². The molecule has 0 unspecified atom stereocenters. The van der Waals surface area contributed by atoms with Crippen molar-refractivity contribution in [2.45, 2.75) is 20.3 Å². The first-order valence-electron chi connectivity index (χ1n) is 9.41. The standard InChI is InChI=1S/C23H22N4O/c1-3-14-28-19-7-5-17(6-8-19)22-20-15-16(2)4-9-21(20)25-23(27-26-22)18-10-12-24-13-11-18/h4-13,15H,3,14H2,1-2H3,(H,25,27). The van der Waals surface area contributed by atoms with E-state index in [2.05, 4.69) is 36.4 Å². The SMILES string of the molecule is CCCOc1ccc(C2=NNC(c3ccncc3)=Nc3ccc(C)cc32)cc1. The van der Waals surface area contributed by atoms with E-state index in [0.717, 1.165) is 45.8 Å². The lowest BCUT2D eigenvalue weighted by Gasteiger charge is -2.10. The van der Waals surface area contributed by atoms with Crippen LogP contribution in [0.5, 0.6) is 5.75 Å². The Labute approximate surface area is 164 Å². The van der Waals surface area contributed by atoms with Gasteiger partial charge in [0.25, 0.3) is 0 Å². The molecule has 1 aliphatic rings. The predicted octanol–water partition coefficient (Wildman–Crippen LogP) is 4.61. The number of nitrogens with one attached hydrogen (secondary N) is 1. The smallest absolute Gasteiger partial charge is 0.154 e. The fraction of sp³-hybridized carbons (Fsp3) is 0.174. The van der Waals surface area contributed by atoms with Gasteiger partial charge in [-0.3, -0.25) is 10.4 Å². The summed E-state index contributed by atoms with van der Waals surface area (Å²) in [5, 5.41) is 4.70. The van der Waals surface area contributed by atoms with Crippen LogP contribution in [-0.2, 0) is 0 Å². The lowest BCUT2D eigenvalue weighted by Crippen LogP contribution is -2.19. The van der Waals surface area contributed by atoms with Gasteiger partial charge < -0.3 is 4.74 Å². The normalized spacial score (nSPS) is 12.9. The number of benzene rings is 2. The second-order valence-corrected chi connectivity index (χ2v) is 6.66. The molecule has 0 radical (unpaired) electrons. The van der Waals surface area contributed by atoms with Gasteiger partial charge in [-0.2, -0.15) is 5.10 Å². The number of fused-ring (bicyclic) bond motifs is 1. The van der Waals surface area contributed by atoms with Crippen LogP contribution in [0.25, 0.3) is 0 Å². The van der Waals surface area contributed by atoms with Crippen molar-refractivity contribution in [1.82, 2.24) is 10.4 Å². The topological polar surface area (TPSA) is 58.9 Å². The average Bonchev–Trinajstić information content (AvgIpc) is 2.93. The Kier molecular flexibility index (Phi) is 5.15. The number of hydrazone groups is 1. The van der Waals surface area contributed by atoms with E-state index >= 15 is 0 Å².